The van der Waals surface area contributed by atoms with E-state index < -0.39 is 0 Å². The van der Waals surface area contributed by atoms with Crippen LogP contribution in [-0.4, -0.2) is 71.6 Å². The van der Waals surface area contributed by atoms with Gasteiger partial charge in [-0.3, -0.25) is 19.0 Å². The number of pyridine rings is 1. The van der Waals surface area contributed by atoms with E-state index in [2.05, 4.69) is 23.5 Å². The number of piperidine rings is 1. The number of fused-ring (bicyclic) bond motifs is 2. The Balaban J connectivity index is 1.45. The number of nitrogens with zero attached hydrogens (tertiary/aromatic N) is 6. The number of benzene rings is 2. The Hall–Kier alpha value is -5.65. The predicted molar refractivity (Wildman–Crippen MR) is 186 cm³/mol. The summed E-state index contributed by atoms with van der Waals surface area (Å²) in [6, 6.07) is 12.8. The molecule has 4 aromatic rings. The smallest absolute Gasteiger partial charge is 0.276 e. The minimum absolute atomic E-state index is 0.175. The molecule has 1 N–H and O–H groups in total. The first-order valence-electron chi connectivity index (χ1n) is 15.9. The number of rotatable bonds is 9. The second kappa shape index (κ2) is 13.6. The van der Waals surface area contributed by atoms with Crippen molar-refractivity contribution in [3.05, 3.63) is 95.5 Å². The van der Waals surface area contributed by atoms with Gasteiger partial charge in [-0.2, -0.15) is 4.98 Å². The average Bonchev–Trinajstić information content (AvgIpc) is 3.12. The van der Waals surface area contributed by atoms with E-state index in [0.717, 1.165) is 28.9 Å². The van der Waals surface area contributed by atoms with Gasteiger partial charge >= 0.3 is 0 Å². The fourth-order valence-corrected chi connectivity index (χ4v) is 6.62. The largest absolute Gasteiger partial charge is 0.497 e. The third-order valence-electron chi connectivity index (χ3n) is 8.99. The van der Waals surface area contributed by atoms with E-state index in [1.165, 1.54) is 12.2 Å². The molecule has 1 atom stereocenters. The van der Waals surface area contributed by atoms with Gasteiger partial charge in [0, 0.05) is 55.9 Å². The minimum Gasteiger partial charge on any atom is -0.497 e. The number of hydrogen-bond acceptors (Lipinski definition) is 9. The molecule has 2 aromatic heterocycles. The van der Waals surface area contributed by atoms with Crippen LogP contribution < -0.4 is 30.1 Å². The van der Waals surface area contributed by atoms with Crippen molar-refractivity contribution in [1.82, 2.24) is 19.4 Å². The lowest BCUT2D eigenvalue weighted by atomic mass is 10.0. The van der Waals surface area contributed by atoms with Crippen molar-refractivity contribution in [1.29, 1.82) is 0 Å². The highest BCUT2D eigenvalue weighted by Gasteiger charge is 2.32. The number of ether oxygens (including phenoxy) is 2. The molecule has 12 nitrogen and oxygen atoms in total. The Labute approximate surface area is 278 Å². The number of carbonyl (C=O) groups is 2. The van der Waals surface area contributed by atoms with Gasteiger partial charge in [0.2, 0.25) is 11.9 Å². The maximum atomic E-state index is 14.7. The second-order valence-corrected chi connectivity index (χ2v) is 11.8. The molecular formula is C36H39N7O5. The number of likely N-dealkylation sites (tertiary alicyclic amines) is 1. The van der Waals surface area contributed by atoms with Crippen molar-refractivity contribution in [2.75, 3.05) is 55.5 Å². The van der Waals surface area contributed by atoms with Crippen LogP contribution in [0.3, 0.4) is 0 Å². The van der Waals surface area contributed by atoms with Crippen molar-refractivity contribution in [2.24, 2.45) is 0 Å². The molecule has 0 unspecified atom stereocenters. The minimum atomic E-state index is -0.331. The van der Waals surface area contributed by atoms with Crippen LogP contribution in [0, 0.1) is 6.92 Å². The molecule has 1 fully saturated rings. The highest BCUT2D eigenvalue weighted by atomic mass is 16.5. The number of amides is 2. The molecule has 0 saturated carbocycles. The van der Waals surface area contributed by atoms with Crippen LogP contribution in [-0.2, 0) is 16.1 Å². The maximum absolute atomic E-state index is 14.7. The summed E-state index contributed by atoms with van der Waals surface area (Å²) in [6.07, 6.45) is 5.73. The van der Waals surface area contributed by atoms with E-state index in [9.17, 15) is 14.4 Å². The van der Waals surface area contributed by atoms with E-state index in [-0.39, 0.29) is 23.4 Å². The van der Waals surface area contributed by atoms with Crippen molar-refractivity contribution >= 4 is 45.9 Å². The molecule has 2 aliphatic rings. The van der Waals surface area contributed by atoms with Crippen molar-refractivity contribution in [3.8, 4) is 11.5 Å². The summed E-state index contributed by atoms with van der Waals surface area (Å²) in [4.78, 5) is 55.1. The Morgan fingerprint density at radius 3 is 2.58 bits per heavy atom. The normalized spacial score (nSPS) is 15.9. The average molecular weight is 650 g/mol. The molecule has 12 heteroatoms. The third-order valence-corrected chi connectivity index (χ3v) is 8.99. The van der Waals surface area contributed by atoms with Crippen molar-refractivity contribution < 1.29 is 19.1 Å². The number of methoxy groups -OCH3 is 2. The summed E-state index contributed by atoms with van der Waals surface area (Å²) in [5.74, 6) is 1.31. The number of nitrogens with one attached hydrogen (secondary N) is 1. The first kappa shape index (κ1) is 32.3. The predicted octanol–water partition coefficient (Wildman–Crippen LogP) is 4.75. The molecule has 2 aliphatic heterocycles. The summed E-state index contributed by atoms with van der Waals surface area (Å²) in [5.41, 5.74) is 3.95. The van der Waals surface area contributed by atoms with Crippen molar-refractivity contribution in [3.63, 3.8) is 0 Å². The summed E-state index contributed by atoms with van der Waals surface area (Å²) in [7, 11) is 3.20. The fourth-order valence-electron chi connectivity index (χ4n) is 6.62. The molecule has 0 radical (unpaired) electrons. The lowest BCUT2D eigenvalue weighted by molar-refractivity contribution is -0.127. The summed E-state index contributed by atoms with van der Waals surface area (Å²) >= 11 is 0. The Kier molecular flexibility index (Phi) is 9.15. The van der Waals surface area contributed by atoms with Gasteiger partial charge < -0.3 is 29.5 Å². The molecule has 0 aliphatic carbocycles. The summed E-state index contributed by atoms with van der Waals surface area (Å²) in [5, 5.41) is 3.95. The first-order valence-corrected chi connectivity index (χ1v) is 15.9. The van der Waals surface area contributed by atoms with Gasteiger partial charge in [-0.1, -0.05) is 25.3 Å². The first-order chi connectivity index (χ1) is 23.3. The third kappa shape index (κ3) is 5.96. The van der Waals surface area contributed by atoms with Crippen LogP contribution in [0.4, 0.5) is 23.0 Å². The lowest BCUT2D eigenvalue weighted by Gasteiger charge is -2.39. The molecule has 248 valence electrons. The lowest BCUT2D eigenvalue weighted by Crippen LogP contribution is -2.45. The monoisotopic (exact) mass is 649 g/mol. The zero-order valence-electron chi connectivity index (χ0n) is 27.4. The highest BCUT2D eigenvalue weighted by Crippen LogP contribution is 2.40. The van der Waals surface area contributed by atoms with Gasteiger partial charge in [-0.25, -0.2) is 4.98 Å². The number of anilines is 4. The summed E-state index contributed by atoms with van der Waals surface area (Å²) in [6.45, 7) is 11.4. The Bertz CT molecular complexity index is 1970. The molecule has 0 spiro atoms. The number of carbonyl (C=O) groups excluding carboxylic acids is 2. The highest BCUT2D eigenvalue weighted by molar-refractivity contribution is 6.05. The Morgan fingerprint density at radius 1 is 1.02 bits per heavy atom. The van der Waals surface area contributed by atoms with Gasteiger partial charge in [0.1, 0.15) is 22.8 Å². The molecule has 4 heterocycles. The van der Waals surface area contributed by atoms with E-state index in [1.807, 2.05) is 54.3 Å². The van der Waals surface area contributed by atoms with Crippen molar-refractivity contribution in [2.45, 2.75) is 32.4 Å². The standard InChI is InChI=1S/C36H39N7O5/c1-6-31(44)40-15-9-11-26(22-40)43-34-25(21-38-36(39-34)37-20-24-13-14-27(47-4)19-30(24)48-5)18-29(35(43)46)41-16-17-42(32(45)7-2)33-23(3)10-8-12-28(33)41/h6-8,10,12-14,18-19,21,26H,1-2,9,11,15-17,20,22H2,3-5H3,(H,37,38,39)/t26-/m1/s1. The molecule has 0 bridgehead atoms. The van der Waals surface area contributed by atoms with E-state index in [4.69, 9.17) is 14.5 Å². The zero-order chi connectivity index (χ0) is 33.9. The zero-order valence-corrected chi connectivity index (χ0v) is 27.4. The fraction of sp³-hybridized carbons (Fsp3) is 0.306. The Morgan fingerprint density at radius 2 is 1.83 bits per heavy atom. The van der Waals surface area contributed by atoms with Gasteiger partial charge in [0.05, 0.1) is 31.6 Å². The van der Waals surface area contributed by atoms with Gasteiger partial charge in [0.15, 0.2) is 0 Å². The molecule has 48 heavy (non-hydrogen) atoms. The van der Waals surface area contributed by atoms with Gasteiger partial charge in [0.25, 0.3) is 11.5 Å². The van der Waals surface area contributed by atoms with E-state index in [0.29, 0.717) is 73.3 Å². The SMILES string of the molecule is C=CC(=O)N1CCC[C@@H](n2c(=O)c(N3CCN(C(=O)C=C)c4c(C)cccc43)cc3cnc(NCc4ccc(OC)cc4OC)nc32)C1. The molecule has 2 amide bonds. The van der Waals surface area contributed by atoms with Gasteiger partial charge in [-0.15, -0.1) is 0 Å². The second-order valence-electron chi connectivity index (χ2n) is 11.8. The van der Waals surface area contributed by atoms with Crippen LogP contribution in [0.15, 0.2) is 78.8 Å². The van der Waals surface area contributed by atoms with Gasteiger partial charge in [-0.05, 0) is 61.7 Å². The van der Waals surface area contributed by atoms with Crippen LogP contribution in [0.25, 0.3) is 11.0 Å². The summed E-state index contributed by atoms with van der Waals surface area (Å²) < 4.78 is 12.6. The van der Waals surface area contributed by atoms with E-state index in [1.54, 1.807) is 34.8 Å². The molecule has 6 rings (SSSR count). The van der Waals surface area contributed by atoms with Crippen LogP contribution >= 0.6 is 0 Å². The quantitative estimate of drug-likeness (QED) is 0.256. The number of aromatic nitrogens is 3. The topological polar surface area (TPSA) is 122 Å². The molecule has 2 aromatic carbocycles. The maximum Gasteiger partial charge on any atom is 0.276 e. The number of para-hydroxylation sites is 1. The van der Waals surface area contributed by atoms with Crippen LogP contribution in [0.1, 0.15) is 30.0 Å². The van der Waals surface area contributed by atoms with Crippen LogP contribution in [0.5, 0.6) is 11.5 Å². The van der Waals surface area contributed by atoms with E-state index >= 15 is 0 Å². The van der Waals surface area contributed by atoms with Crippen LogP contribution in [0.2, 0.25) is 0 Å². The number of aryl methyl sites for hydroxylation is 1. The molecular weight excluding hydrogens is 610 g/mol. The molecule has 1 saturated heterocycles. The number of hydrogen-bond donors (Lipinski definition) is 1.